The third-order valence-corrected chi connectivity index (χ3v) is 4.34. The van der Waals surface area contributed by atoms with Crippen molar-refractivity contribution < 1.29 is 9.53 Å². The Morgan fingerprint density at radius 1 is 1.32 bits per heavy atom. The molecule has 3 rings (SSSR count). The van der Waals surface area contributed by atoms with Crippen LogP contribution in [0.3, 0.4) is 0 Å². The topological polar surface area (TPSA) is 73.1 Å². The predicted octanol–water partition coefficient (Wildman–Crippen LogP) is 2.65. The van der Waals surface area contributed by atoms with Gasteiger partial charge in [-0.1, -0.05) is 6.07 Å². The first-order valence-corrected chi connectivity index (χ1v) is 8.18. The zero-order valence-corrected chi connectivity index (χ0v) is 14.7. The molecule has 0 aliphatic carbocycles. The molecule has 25 heavy (non-hydrogen) atoms. The van der Waals surface area contributed by atoms with Gasteiger partial charge in [0.2, 0.25) is 0 Å². The number of benzene rings is 1. The predicted molar refractivity (Wildman–Crippen MR) is 97.6 cm³/mol. The molecule has 0 aliphatic rings. The van der Waals surface area contributed by atoms with E-state index in [4.69, 9.17) is 4.74 Å². The lowest BCUT2D eigenvalue weighted by Crippen LogP contribution is -2.28. The summed E-state index contributed by atoms with van der Waals surface area (Å²) in [6, 6.07) is 7.69. The van der Waals surface area contributed by atoms with E-state index >= 15 is 0 Å². The Labute approximate surface area is 146 Å². The molecular weight excluding hydrogens is 318 g/mol. The number of amides is 2. The zero-order valence-electron chi connectivity index (χ0n) is 14.7. The maximum Gasteiger partial charge on any atom is 0.319 e. The van der Waals surface area contributed by atoms with E-state index in [1.807, 2.05) is 38.4 Å². The van der Waals surface area contributed by atoms with Gasteiger partial charge in [0.1, 0.15) is 0 Å². The third kappa shape index (κ3) is 3.83. The van der Waals surface area contributed by atoms with Gasteiger partial charge in [-0.2, -0.15) is 5.10 Å². The van der Waals surface area contributed by atoms with Gasteiger partial charge in [0.25, 0.3) is 0 Å². The van der Waals surface area contributed by atoms with Crippen LogP contribution in [0.5, 0.6) is 0 Å². The molecule has 0 saturated heterocycles. The second-order valence-corrected chi connectivity index (χ2v) is 5.96. The number of methoxy groups -OCH3 is 1. The molecule has 0 radical (unpaired) electrons. The number of rotatable bonds is 6. The summed E-state index contributed by atoms with van der Waals surface area (Å²) >= 11 is 0. The van der Waals surface area contributed by atoms with E-state index < -0.39 is 0 Å². The highest BCUT2D eigenvalue weighted by Crippen LogP contribution is 2.20. The molecule has 0 unspecified atom stereocenters. The molecule has 0 fully saturated rings. The average molecular weight is 341 g/mol. The van der Waals surface area contributed by atoms with Crippen LogP contribution >= 0.6 is 0 Å². The van der Waals surface area contributed by atoms with Gasteiger partial charge in [0.05, 0.1) is 18.3 Å². The molecule has 2 amide bonds. The van der Waals surface area contributed by atoms with Gasteiger partial charge in [-0.3, -0.25) is 4.68 Å². The number of aromatic nitrogens is 3. The zero-order chi connectivity index (χ0) is 17.8. The van der Waals surface area contributed by atoms with Crippen LogP contribution < -0.4 is 10.6 Å². The Bertz CT molecular complexity index is 881. The van der Waals surface area contributed by atoms with E-state index in [0.29, 0.717) is 13.2 Å². The fourth-order valence-corrected chi connectivity index (χ4v) is 2.71. The van der Waals surface area contributed by atoms with E-state index in [0.717, 1.165) is 34.4 Å². The second kappa shape index (κ2) is 7.40. The monoisotopic (exact) mass is 341 g/mol. The number of carbonyl (C=O) groups excluding carboxylic acids is 1. The molecule has 0 atom stereocenters. The Hall–Kier alpha value is -2.80. The lowest BCUT2D eigenvalue weighted by atomic mass is 10.2. The number of anilines is 1. The number of carbonyl (C=O) groups is 1. The minimum Gasteiger partial charge on any atom is -0.383 e. The average Bonchev–Trinajstić information content (AvgIpc) is 3.15. The van der Waals surface area contributed by atoms with Crippen LogP contribution in [0, 0.1) is 6.92 Å². The van der Waals surface area contributed by atoms with E-state index in [9.17, 15) is 4.79 Å². The highest BCUT2D eigenvalue weighted by Gasteiger charge is 2.08. The molecule has 7 heteroatoms. The van der Waals surface area contributed by atoms with Crippen molar-refractivity contribution in [2.45, 2.75) is 20.0 Å². The number of hydrogen-bond acceptors (Lipinski definition) is 3. The first kappa shape index (κ1) is 17.0. The highest BCUT2D eigenvalue weighted by atomic mass is 16.5. The largest absolute Gasteiger partial charge is 0.383 e. The molecule has 3 aromatic rings. The number of ether oxygens (including phenoxy) is 1. The molecular formula is C18H23N5O2. The molecule has 0 bridgehead atoms. The summed E-state index contributed by atoms with van der Waals surface area (Å²) in [5, 5.41) is 11.0. The van der Waals surface area contributed by atoms with E-state index in [2.05, 4.69) is 26.4 Å². The van der Waals surface area contributed by atoms with Gasteiger partial charge >= 0.3 is 6.03 Å². The second-order valence-electron chi connectivity index (χ2n) is 5.96. The van der Waals surface area contributed by atoms with Gasteiger partial charge < -0.3 is 19.9 Å². The van der Waals surface area contributed by atoms with Crippen molar-refractivity contribution in [3.63, 3.8) is 0 Å². The van der Waals surface area contributed by atoms with Crippen LogP contribution in [-0.2, 0) is 24.9 Å². The summed E-state index contributed by atoms with van der Waals surface area (Å²) in [6.07, 6.45) is 3.79. The molecule has 2 heterocycles. The summed E-state index contributed by atoms with van der Waals surface area (Å²) in [6.45, 7) is 3.84. The Kier molecular flexibility index (Phi) is 5.04. The van der Waals surface area contributed by atoms with Crippen molar-refractivity contribution in [3.8, 4) is 0 Å². The van der Waals surface area contributed by atoms with Crippen LogP contribution in [0.2, 0.25) is 0 Å². The van der Waals surface area contributed by atoms with Gasteiger partial charge in [0.15, 0.2) is 0 Å². The fraction of sp³-hybridized carbons (Fsp3) is 0.333. The first-order chi connectivity index (χ1) is 12.1. The number of hydrogen-bond donors (Lipinski definition) is 2. The standard InChI is InChI=1S/C18H23N5O2/c1-13-15(12-20-22(13)2)11-19-18(24)21-16-5-4-14-6-7-23(8-9-25-3)17(14)10-16/h4-7,10,12H,8-9,11H2,1-3H3,(H2,19,21,24). The molecule has 2 N–H and O–H groups in total. The Morgan fingerprint density at radius 2 is 2.16 bits per heavy atom. The molecule has 132 valence electrons. The fourth-order valence-electron chi connectivity index (χ4n) is 2.71. The minimum atomic E-state index is -0.238. The van der Waals surface area contributed by atoms with Gasteiger partial charge in [0, 0.05) is 50.4 Å². The van der Waals surface area contributed by atoms with E-state index in [1.165, 1.54) is 0 Å². The molecule has 0 aliphatic heterocycles. The van der Waals surface area contributed by atoms with Crippen LogP contribution in [-0.4, -0.2) is 34.1 Å². The van der Waals surface area contributed by atoms with Crippen LogP contribution in [0.1, 0.15) is 11.3 Å². The van der Waals surface area contributed by atoms with Crippen molar-refractivity contribution in [3.05, 3.63) is 47.9 Å². The maximum absolute atomic E-state index is 12.2. The summed E-state index contributed by atoms with van der Waals surface area (Å²) in [5.74, 6) is 0. The van der Waals surface area contributed by atoms with Crippen molar-refractivity contribution in [2.24, 2.45) is 7.05 Å². The third-order valence-electron chi connectivity index (χ3n) is 4.34. The van der Waals surface area contributed by atoms with E-state index in [1.54, 1.807) is 18.0 Å². The molecule has 7 nitrogen and oxygen atoms in total. The molecule has 1 aromatic carbocycles. The van der Waals surface area contributed by atoms with Crippen molar-refractivity contribution >= 4 is 22.6 Å². The molecule has 0 saturated carbocycles. The Morgan fingerprint density at radius 3 is 2.88 bits per heavy atom. The quantitative estimate of drug-likeness (QED) is 0.724. The Balaban J connectivity index is 1.65. The number of aryl methyl sites for hydroxylation is 1. The number of fused-ring (bicyclic) bond motifs is 1. The lowest BCUT2D eigenvalue weighted by Gasteiger charge is -2.09. The van der Waals surface area contributed by atoms with Gasteiger partial charge in [-0.15, -0.1) is 0 Å². The van der Waals surface area contributed by atoms with E-state index in [-0.39, 0.29) is 6.03 Å². The number of urea groups is 1. The first-order valence-electron chi connectivity index (χ1n) is 8.18. The van der Waals surface area contributed by atoms with Crippen LogP contribution in [0.25, 0.3) is 10.9 Å². The van der Waals surface area contributed by atoms with Gasteiger partial charge in [-0.25, -0.2) is 4.79 Å². The summed E-state index contributed by atoms with van der Waals surface area (Å²) in [5.41, 5.74) is 3.86. The SMILES string of the molecule is COCCn1ccc2ccc(NC(=O)NCc3cnn(C)c3C)cc21. The molecule has 2 aromatic heterocycles. The number of nitrogens with one attached hydrogen (secondary N) is 2. The normalized spacial score (nSPS) is 11.0. The lowest BCUT2D eigenvalue weighted by molar-refractivity contribution is 0.188. The summed E-state index contributed by atoms with van der Waals surface area (Å²) in [7, 11) is 3.57. The number of nitrogens with zero attached hydrogens (tertiary/aromatic N) is 3. The molecule has 0 spiro atoms. The van der Waals surface area contributed by atoms with Crippen molar-refractivity contribution in [1.82, 2.24) is 19.7 Å². The highest BCUT2D eigenvalue weighted by molar-refractivity contribution is 5.92. The van der Waals surface area contributed by atoms with Crippen molar-refractivity contribution in [2.75, 3.05) is 19.0 Å². The maximum atomic E-state index is 12.2. The smallest absolute Gasteiger partial charge is 0.319 e. The summed E-state index contributed by atoms with van der Waals surface area (Å²) < 4.78 is 9.04. The minimum absolute atomic E-state index is 0.238. The van der Waals surface area contributed by atoms with Crippen LogP contribution in [0.15, 0.2) is 36.7 Å². The summed E-state index contributed by atoms with van der Waals surface area (Å²) in [4.78, 5) is 12.2. The van der Waals surface area contributed by atoms with Gasteiger partial charge in [-0.05, 0) is 30.5 Å². The van der Waals surface area contributed by atoms with Crippen LogP contribution in [0.4, 0.5) is 10.5 Å². The van der Waals surface area contributed by atoms with Crippen molar-refractivity contribution in [1.29, 1.82) is 0 Å².